The van der Waals surface area contributed by atoms with Crippen LogP contribution in [0.1, 0.15) is 245 Å². The zero-order chi connectivity index (χ0) is 38.5. The number of nitrogens with zero attached hydrogens (tertiary/aromatic N) is 1. The van der Waals surface area contributed by atoms with Gasteiger partial charge >= 0.3 is 11.9 Å². The van der Waals surface area contributed by atoms with Crippen LogP contribution in [0, 0.1) is 5.41 Å². The molecule has 0 bridgehead atoms. The Kier molecular flexibility index (Phi) is 34.3. The molecule has 0 aliphatic heterocycles. The molecule has 0 atom stereocenters. The van der Waals surface area contributed by atoms with Gasteiger partial charge in [0, 0.05) is 26.0 Å². The Labute approximate surface area is 330 Å². The second-order valence-electron chi connectivity index (χ2n) is 17.0. The number of ether oxygens (including phenoxy) is 2. The number of aliphatic hydroxyl groups excluding tert-OH is 1. The summed E-state index contributed by atoms with van der Waals surface area (Å²) in [4.78, 5) is 27.6. The van der Waals surface area contributed by atoms with Crippen molar-refractivity contribution in [2.75, 3.05) is 32.8 Å². The first-order chi connectivity index (χ1) is 26.0. The molecule has 1 aliphatic rings. The Hall–Kier alpha value is -1.14. The van der Waals surface area contributed by atoms with Crippen LogP contribution in [0.15, 0.2) is 0 Å². The lowest BCUT2D eigenvalue weighted by Crippen LogP contribution is -2.28. The maximum atomic E-state index is 12.9. The highest BCUT2D eigenvalue weighted by molar-refractivity contribution is 5.69. The number of hydrogen-bond donors (Lipinski definition) is 1. The van der Waals surface area contributed by atoms with Crippen molar-refractivity contribution in [3.63, 3.8) is 0 Å². The molecule has 0 amide bonds. The Bertz CT molecular complexity index is 799. The summed E-state index contributed by atoms with van der Waals surface area (Å²) >= 11 is 0. The fraction of sp³-hybridized carbons (Fsp3) is 0.957. The molecule has 6 nitrogen and oxygen atoms in total. The quantitative estimate of drug-likeness (QED) is 0.0495. The second-order valence-corrected chi connectivity index (χ2v) is 17.0. The third-order valence-corrected chi connectivity index (χ3v) is 11.8. The second kappa shape index (κ2) is 36.5. The molecule has 1 saturated carbocycles. The number of carbonyl (C=O) groups excluding carboxylic acids is 2. The smallest absolute Gasteiger partial charge is 0.306 e. The molecule has 314 valence electrons. The normalized spacial score (nSPS) is 13.6. The zero-order valence-electron chi connectivity index (χ0n) is 35.9. The summed E-state index contributed by atoms with van der Waals surface area (Å²) in [6.07, 6.45) is 41.1. The van der Waals surface area contributed by atoms with Gasteiger partial charge in [0.1, 0.15) is 6.10 Å². The van der Waals surface area contributed by atoms with Crippen molar-refractivity contribution < 1.29 is 24.2 Å². The van der Waals surface area contributed by atoms with Gasteiger partial charge < -0.3 is 19.5 Å². The molecule has 53 heavy (non-hydrogen) atoms. The van der Waals surface area contributed by atoms with Crippen molar-refractivity contribution in [3.05, 3.63) is 0 Å². The highest BCUT2D eigenvalue weighted by atomic mass is 16.5. The lowest BCUT2D eigenvalue weighted by molar-refractivity contribution is -0.150. The number of aliphatic hydroxyl groups is 1. The van der Waals surface area contributed by atoms with E-state index in [9.17, 15) is 14.7 Å². The van der Waals surface area contributed by atoms with Gasteiger partial charge in [-0.15, -0.1) is 0 Å². The molecule has 0 aromatic rings. The van der Waals surface area contributed by atoms with Crippen molar-refractivity contribution in [1.82, 2.24) is 4.90 Å². The highest BCUT2D eigenvalue weighted by Crippen LogP contribution is 2.53. The maximum Gasteiger partial charge on any atom is 0.306 e. The van der Waals surface area contributed by atoms with Gasteiger partial charge in [0.15, 0.2) is 0 Å². The Morgan fingerprint density at radius 3 is 1.55 bits per heavy atom. The number of hydrogen-bond acceptors (Lipinski definition) is 6. The fourth-order valence-electron chi connectivity index (χ4n) is 7.98. The van der Waals surface area contributed by atoms with Gasteiger partial charge in [0.2, 0.25) is 0 Å². The van der Waals surface area contributed by atoms with Gasteiger partial charge in [-0.2, -0.15) is 0 Å². The first kappa shape index (κ1) is 49.9. The molecule has 0 aromatic carbocycles. The van der Waals surface area contributed by atoms with Crippen LogP contribution in [0.5, 0.6) is 0 Å². The summed E-state index contributed by atoms with van der Waals surface area (Å²) in [5.74, 6) is 0.0162. The first-order valence-corrected chi connectivity index (χ1v) is 23.7. The largest absolute Gasteiger partial charge is 0.466 e. The van der Waals surface area contributed by atoms with Crippen molar-refractivity contribution in [1.29, 1.82) is 0 Å². The lowest BCUT2D eigenvalue weighted by Gasteiger charge is -2.23. The molecule has 0 unspecified atom stereocenters. The minimum absolute atomic E-state index is 0.0224. The zero-order valence-corrected chi connectivity index (χ0v) is 35.9. The van der Waals surface area contributed by atoms with Gasteiger partial charge in [-0.3, -0.25) is 9.59 Å². The molecule has 0 radical (unpaired) electrons. The summed E-state index contributed by atoms with van der Waals surface area (Å²) in [6.45, 7) is 10.8. The van der Waals surface area contributed by atoms with Gasteiger partial charge in [-0.05, 0) is 108 Å². The molecular formula is C47H91NO5. The summed E-state index contributed by atoms with van der Waals surface area (Å²) < 4.78 is 11.6. The third-order valence-electron chi connectivity index (χ3n) is 11.8. The first-order valence-electron chi connectivity index (χ1n) is 23.7. The monoisotopic (exact) mass is 750 g/mol. The average Bonchev–Trinajstić information content (AvgIpc) is 3.92. The van der Waals surface area contributed by atoms with Crippen LogP contribution in [0.4, 0.5) is 0 Å². The van der Waals surface area contributed by atoms with E-state index >= 15 is 0 Å². The van der Waals surface area contributed by atoms with Gasteiger partial charge in [0.05, 0.1) is 6.61 Å². The summed E-state index contributed by atoms with van der Waals surface area (Å²) in [5.41, 5.74) is 0.453. The van der Waals surface area contributed by atoms with E-state index < -0.39 is 0 Å². The molecule has 0 spiro atoms. The molecule has 0 aromatic heterocycles. The van der Waals surface area contributed by atoms with Crippen molar-refractivity contribution in [2.24, 2.45) is 5.41 Å². The van der Waals surface area contributed by atoms with E-state index in [1.54, 1.807) is 0 Å². The Morgan fingerprint density at radius 2 is 0.981 bits per heavy atom. The van der Waals surface area contributed by atoms with E-state index in [-0.39, 0.29) is 24.6 Å². The predicted molar refractivity (Wildman–Crippen MR) is 225 cm³/mol. The molecule has 1 N–H and O–H groups in total. The predicted octanol–water partition coefficient (Wildman–Crippen LogP) is 13.4. The molecule has 6 heteroatoms. The van der Waals surface area contributed by atoms with Crippen LogP contribution in [-0.2, 0) is 19.1 Å². The minimum atomic E-state index is -0.0224. The fourth-order valence-corrected chi connectivity index (χ4v) is 7.98. The summed E-state index contributed by atoms with van der Waals surface area (Å²) in [5, 5.41) is 9.47. The number of rotatable bonds is 42. The maximum absolute atomic E-state index is 12.9. The van der Waals surface area contributed by atoms with Crippen molar-refractivity contribution >= 4 is 11.9 Å². The molecule has 1 fully saturated rings. The number of esters is 2. The Balaban J connectivity index is 2.23. The highest BCUT2D eigenvalue weighted by Gasteiger charge is 2.41. The van der Waals surface area contributed by atoms with Crippen LogP contribution in [-0.4, -0.2) is 60.9 Å². The van der Waals surface area contributed by atoms with Crippen molar-refractivity contribution in [3.8, 4) is 0 Å². The number of carbonyl (C=O) groups is 2. The third kappa shape index (κ3) is 31.7. The van der Waals surface area contributed by atoms with Crippen LogP contribution >= 0.6 is 0 Å². The molecular weight excluding hydrogens is 659 g/mol. The van der Waals surface area contributed by atoms with E-state index in [1.165, 1.54) is 161 Å². The van der Waals surface area contributed by atoms with E-state index in [0.29, 0.717) is 24.9 Å². The topological polar surface area (TPSA) is 76.1 Å². The summed E-state index contributed by atoms with van der Waals surface area (Å²) in [7, 11) is 0. The average molecular weight is 750 g/mol. The van der Waals surface area contributed by atoms with Crippen molar-refractivity contribution in [2.45, 2.75) is 252 Å². The van der Waals surface area contributed by atoms with Crippen LogP contribution in [0.2, 0.25) is 0 Å². The van der Waals surface area contributed by atoms with E-state index in [1.807, 2.05) is 0 Å². The summed E-state index contributed by atoms with van der Waals surface area (Å²) in [6, 6.07) is 0. The van der Waals surface area contributed by atoms with Gasteiger partial charge in [-0.1, -0.05) is 143 Å². The molecule has 0 heterocycles. The Morgan fingerprint density at radius 1 is 0.528 bits per heavy atom. The van der Waals surface area contributed by atoms with Crippen LogP contribution in [0.25, 0.3) is 0 Å². The minimum Gasteiger partial charge on any atom is -0.466 e. The SMILES string of the molecule is CCCCCCCCCOC(=O)CCCCCCCN(CCCO)CCCC1(CCCC(=O)OC(CCCCCCCC)CCCCCCCC)CC1. The van der Waals surface area contributed by atoms with Crippen LogP contribution < -0.4 is 0 Å². The van der Waals surface area contributed by atoms with E-state index in [2.05, 4.69) is 25.7 Å². The standard InChI is InChI=1S/C47H91NO5/c1-4-7-10-13-16-22-27-43-52-45(50)33-25-20-17-21-26-39-48(41-30-42-49)40-29-36-47(37-38-47)35-28-34-46(51)53-44(31-23-18-14-11-8-5-2)32-24-19-15-12-9-6-3/h44,49H,4-43H2,1-3H3. The van der Waals surface area contributed by atoms with E-state index in [4.69, 9.17) is 9.47 Å². The molecule has 0 saturated heterocycles. The van der Waals surface area contributed by atoms with Gasteiger partial charge in [-0.25, -0.2) is 0 Å². The van der Waals surface area contributed by atoms with Gasteiger partial charge in [0.25, 0.3) is 0 Å². The molecule has 1 aliphatic carbocycles. The van der Waals surface area contributed by atoms with E-state index in [0.717, 1.165) is 71.0 Å². The van der Waals surface area contributed by atoms with Crippen LogP contribution in [0.3, 0.4) is 0 Å². The number of unbranched alkanes of at least 4 members (excludes halogenated alkanes) is 20. The molecule has 1 rings (SSSR count). The lowest BCUT2D eigenvalue weighted by atomic mass is 9.93.